The average Bonchev–Trinajstić information content (AvgIpc) is 3.22. The molecule has 2 heterocycles. The van der Waals surface area contributed by atoms with E-state index in [9.17, 15) is 0 Å². The van der Waals surface area contributed by atoms with Crippen molar-refractivity contribution in [2.24, 2.45) is 10.4 Å². The second kappa shape index (κ2) is 8.87. The normalized spacial score (nSPS) is 19.4. The molecule has 3 rings (SSSR count). The van der Waals surface area contributed by atoms with E-state index in [4.69, 9.17) is 9.73 Å². The van der Waals surface area contributed by atoms with Crippen LogP contribution in [-0.4, -0.2) is 42.6 Å². The van der Waals surface area contributed by atoms with E-state index in [0.29, 0.717) is 17.8 Å². The van der Waals surface area contributed by atoms with Crippen LogP contribution in [0.1, 0.15) is 44.6 Å². The van der Waals surface area contributed by atoms with Gasteiger partial charge >= 0.3 is 0 Å². The van der Waals surface area contributed by atoms with Crippen LogP contribution in [-0.2, 0) is 6.54 Å². The quantitative estimate of drug-likeness (QED) is 0.439. The molecule has 1 saturated heterocycles. The molecule has 1 aromatic heterocycles. The molecule has 24 heavy (non-hydrogen) atoms. The Morgan fingerprint density at radius 1 is 1.38 bits per heavy atom. The second-order valence-corrected chi connectivity index (χ2v) is 6.76. The van der Waals surface area contributed by atoms with E-state index in [2.05, 4.69) is 22.1 Å². The van der Waals surface area contributed by atoms with E-state index >= 15 is 0 Å². The van der Waals surface area contributed by atoms with Crippen LogP contribution in [0.3, 0.4) is 0 Å². The van der Waals surface area contributed by atoms with Crippen LogP contribution in [0.15, 0.2) is 23.3 Å². The summed E-state index contributed by atoms with van der Waals surface area (Å²) in [5.74, 6) is 1.70. The minimum Gasteiger partial charge on any atom is -0.481 e. The minimum atomic E-state index is 0. The van der Waals surface area contributed by atoms with Gasteiger partial charge in [0.15, 0.2) is 5.96 Å². The summed E-state index contributed by atoms with van der Waals surface area (Å²) < 4.78 is 5.19. The smallest absolute Gasteiger partial charge is 0.213 e. The van der Waals surface area contributed by atoms with Gasteiger partial charge in [0.1, 0.15) is 0 Å². The van der Waals surface area contributed by atoms with Crippen LogP contribution in [0.2, 0.25) is 0 Å². The molecule has 1 saturated carbocycles. The van der Waals surface area contributed by atoms with Crippen molar-refractivity contribution in [3.63, 3.8) is 0 Å². The summed E-state index contributed by atoms with van der Waals surface area (Å²) in [6.45, 7) is 5.99. The molecule has 0 aromatic carbocycles. The lowest BCUT2D eigenvalue weighted by Gasteiger charge is -2.26. The fourth-order valence-corrected chi connectivity index (χ4v) is 3.90. The highest BCUT2D eigenvalue weighted by molar-refractivity contribution is 14.0. The first-order valence-electron chi connectivity index (χ1n) is 8.77. The topological polar surface area (TPSA) is 49.8 Å². The molecule has 1 N–H and O–H groups in total. The molecule has 5 nitrogen and oxygen atoms in total. The monoisotopic (exact) mass is 444 g/mol. The predicted octanol–water partition coefficient (Wildman–Crippen LogP) is 3.44. The van der Waals surface area contributed by atoms with E-state index < -0.39 is 0 Å². The van der Waals surface area contributed by atoms with Crippen molar-refractivity contribution in [1.29, 1.82) is 0 Å². The molecule has 6 heteroatoms. The molecular formula is C18H29IN4O. The Labute approximate surface area is 162 Å². The molecular weight excluding hydrogens is 415 g/mol. The van der Waals surface area contributed by atoms with Gasteiger partial charge in [0.2, 0.25) is 5.88 Å². The maximum Gasteiger partial charge on any atom is 0.213 e. The highest BCUT2D eigenvalue weighted by atomic mass is 127. The van der Waals surface area contributed by atoms with Crippen LogP contribution < -0.4 is 10.1 Å². The maximum atomic E-state index is 5.19. The lowest BCUT2D eigenvalue weighted by Crippen LogP contribution is -2.41. The fraction of sp³-hybridized carbons (Fsp3) is 0.667. The van der Waals surface area contributed by atoms with E-state index in [-0.39, 0.29) is 24.0 Å². The summed E-state index contributed by atoms with van der Waals surface area (Å²) in [6.07, 6.45) is 8.69. The van der Waals surface area contributed by atoms with Gasteiger partial charge < -0.3 is 15.0 Å². The van der Waals surface area contributed by atoms with Gasteiger partial charge in [0, 0.05) is 31.9 Å². The number of halogens is 1. The van der Waals surface area contributed by atoms with E-state index in [1.807, 2.05) is 12.1 Å². The Hall–Kier alpha value is -1.05. The summed E-state index contributed by atoms with van der Waals surface area (Å²) in [5, 5.41) is 3.46. The van der Waals surface area contributed by atoms with Gasteiger partial charge in [0.05, 0.1) is 13.7 Å². The number of aliphatic imine (C=N–C) groups is 1. The van der Waals surface area contributed by atoms with Crippen molar-refractivity contribution in [3.8, 4) is 5.88 Å². The molecule has 0 unspecified atom stereocenters. The standard InChI is InChI=1S/C18H28N4O.HI/c1-3-19-17(21-13-15-6-10-20-16(12-15)23-2)22-11-9-18(14-22)7-4-5-8-18;/h6,10,12H,3-5,7-9,11,13-14H2,1-2H3,(H,19,21);1H. The molecule has 1 aromatic rings. The van der Waals surface area contributed by atoms with Gasteiger partial charge in [-0.3, -0.25) is 0 Å². The van der Waals surface area contributed by atoms with Crippen molar-refractivity contribution in [2.45, 2.75) is 45.6 Å². The minimum absolute atomic E-state index is 0. The first-order valence-corrected chi connectivity index (χ1v) is 8.77. The third kappa shape index (κ3) is 4.52. The number of nitrogens with zero attached hydrogens (tertiary/aromatic N) is 3. The van der Waals surface area contributed by atoms with Crippen molar-refractivity contribution >= 4 is 29.9 Å². The van der Waals surface area contributed by atoms with Crippen molar-refractivity contribution < 1.29 is 4.74 Å². The lowest BCUT2D eigenvalue weighted by atomic mass is 9.86. The highest BCUT2D eigenvalue weighted by Gasteiger charge is 2.41. The highest BCUT2D eigenvalue weighted by Crippen LogP contribution is 2.45. The third-order valence-corrected chi connectivity index (χ3v) is 5.16. The lowest BCUT2D eigenvalue weighted by molar-refractivity contribution is 0.309. The van der Waals surface area contributed by atoms with Crippen LogP contribution in [0.5, 0.6) is 5.88 Å². The molecule has 134 valence electrons. The van der Waals surface area contributed by atoms with Crippen molar-refractivity contribution in [3.05, 3.63) is 23.9 Å². The molecule has 1 aliphatic heterocycles. The Morgan fingerprint density at radius 3 is 2.88 bits per heavy atom. The number of rotatable bonds is 4. The molecule has 2 fully saturated rings. The van der Waals surface area contributed by atoms with Crippen molar-refractivity contribution in [1.82, 2.24) is 15.2 Å². The summed E-state index contributed by atoms with van der Waals surface area (Å²) >= 11 is 0. The Balaban J connectivity index is 0.00000208. The van der Waals surface area contributed by atoms with E-state index in [1.54, 1.807) is 13.3 Å². The number of guanidine groups is 1. The van der Waals surface area contributed by atoms with Gasteiger partial charge in [0.25, 0.3) is 0 Å². The number of nitrogens with one attached hydrogen (secondary N) is 1. The van der Waals surface area contributed by atoms with Crippen molar-refractivity contribution in [2.75, 3.05) is 26.7 Å². The zero-order valence-electron chi connectivity index (χ0n) is 14.8. The van der Waals surface area contributed by atoms with Gasteiger partial charge in [-0.1, -0.05) is 12.8 Å². The maximum absolute atomic E-state index is 5.19. The molecule has 0 amide bonds. The first kappa shape index (κ1) is 19.3. The van der Waals surface area contributed by atoms with Gasteiger partial charge in [-0.05, 0) is 43.2 Å². The Morgan fingerprint density at radius 2 is 2.17 bits per heavy atom. The molecule has 0 atom stereocenters. The third-order valence-electron chi connectivity index (χ3n) is 5.16. The van der Waals surface area contributed by atoms with Gasteiger partial charge in [-0.2, -0.15) is 0 Å². The number of hydrogen-bond acceptors (Lipinski definition) is 3. The summed E-state index contributed by atoms with van der Waals surface area (Å²) in [5.41, 5.74) is 1.69. The predicted molar refractivity (Wildman–Crippen MR) is 108 cm³/mol. The number of methoxy groups -OCH3 is 1. The SMILES string of the molecule is CCNC(=NCc1ccnc(OC)c1)N1CCC2(CCCC2)C1.I. The fourth-order valence-electron chi connectivity index (χ4n) is 3.90. The molecule has 1 aliphatic carbocycles. The average molecular weight is 444 g/mol. The van der Waals surface area contributed by atoms with E-state index in [0.717, 1.165) is 24.6 Å². The van der Waals surface area contributed by atoms with Crippen LogP contribution in [0, 0.1) is 5.41 Å². The Bertz CT molecular complexity index is 558. The number of ether oxygens (including phenoxy) is 1. The number of pyridine rings is 1. The van der Waals surface area contributed by atoms with Crippen LogP contribution in [0.25, 0.3) is 0 Å². The number of likely N-dealkylation sites (tertiary alicyclic amines) is 1. The van der Waals surface area contributed by atoms with Gasteiger partial charge in [-0.15, -0.1) is 24.0 Å². The summed E-state index contributed by atoms with van der Waals surface area (Å²) in [4.78, 5) is 11.4. The van der Waals surface area contributed by atoms with Crippen LogP contribution >= 0.6 is 24.0 Å². The number of hydrogen-bond donors (Lipinski definition) is 1. The van der Waals surface area contributed by atoms with E-state index in [1.165, 1.54) is 38.6 Å². The molecule has 2 aliphatic rings. The molecule has 0 bridgehead atoms. The first-order chi connectivity index (χ1) is 11.2. The summed E-state index contributed by atoms with van der Waals surface area (Å²) in [7, 11) is 1.64. The zero-order valence-corrected chi connectivity index (χ0v) is 17.1. The molecule has 1 spiro atoms. The van der Waals surface area contributed by atoms with Gasteiger partial charge in [-0.25, -0.2) is 9.98 Å². The second-order valence-electron chi connectivity index (χ2n) is 6.76. The Kier molecular flexibility index (Phi) is 7.13. The molecule has 0 radical (unpaired) electrons. The largest absolute Gasteiger partial charge is 0.481 e. The summed E-state index contributed by atoms with van der Waals surface area (Å²) in [6, 6.07) is 3.95. The number of aromatic nitrogens is 1. The zero-order chi connectivity index (χ0) is 16.1. The van der Waals surface area contributed by atoms with Crippen LogP contribution in [0.4, 0.5) is 0 Å².